The Morgan fingerprint density at radius 1 is 1.14 bits per heavy atom. The summed E-state index contributed by atoms with van der Waals surface area (Å²) in [7, 11) is -3.86. The van der Waals surface area contributed by atoms with Crippen LogP contribution in [0.25, 0.3) is 0 Å². The van der Waals surface area contributed by atoms with Gasteiger partial charge in [-0.25, -0.2) is 17.9 Å². The Balaban J connectivity index is 2.13. The Hall–Kier alpha value is -1.89. The fourth-order valence-electron chi connectivity index (χ4n) is 1.89. The maximum absolute atomic E-state index is 12.2. The van der Waals surface area contributed by atoms with E-state index in [-0.39, 0.29) is 22.0 Å². The predicted molar refractivity (Wildman–Crippen MR) is 83.7 cm³/mol. The van der Waals surface area contributed by atoms with Gasteiger partial charge in [-0.1, -0.05) is 41.9 Å². The fraction of sp³-hybridized carbons (Fsp3) is 0.133. The molecule has 0 aromatic heterocycles. The Kier molecular flexibility index (Phi) is 5.18. The van der Waals surface area contributed by atoms with Gasteiger partial charge in [-0.2, -0.15) is 0 Å². The van der Waals surface area contributed by atoms with E-state index < -0.39 is 16.0 Å². The van der Waals surface area contributed by atoms with Gasteiger partial charge in [-0.15, -0.1) is 0 Å². The molecule has 116 valence electrons. The van der Waals surface area contributed by atoms with E-state index in [2.05, 4.69) is 4.72 Å². The summed E-state index contributed by atoms with van der Waals surface area (Å²) in [4.78, 5) is 10.7. The lowest BCUT2D eigenvalue weighted by atomic mass is 10.2. The van der Waals surface area contributed by atoms with Crippen LogP contribution in [-0.2, 0) is 16.4 Å². The predicted octanol–water partition coefficient (Wildman–Crippen LogP) is 2.56. The smallest absolute Gasteiger partial charge is 0.335 e. The molecule has 0 saturated carbocycles. The zero-order chi connectivity index (χ0) is 16.2. The fourth-order valence-corrected chi connectivity index (χ4v) is 3.45. The molecule has 0 aliphatic heterocycles. The summed E-state index contributed by atoms with van der Waals surface area (Å²) in [6.45, 7) is 0.194. The zero-order valence-corrected chi connectivity index (χ0v) is 13.1. The van der Waals surface area contributed by atoms with Crippen molar-refractivity contribution < 1.29 is 18.3 Å². The maximum Gasteiger partial charge on any atom is 0.335 e. The van der Waals surface area contributed by atoms with E-state index in [0.29, 0.717) is 6.42 Å². The number of rotatable bonds is 6. The quantitative estimate of drug-likeness (QED) is 0.847. The van der Waals surface area contributed by atoms with Gasteiger partial charge >= 0.3 is 5.97 Å². The summed E-state index contributed by atoms with van der Waals surface area (Å²) < 4.78 is 26.9. The molecular weight excluding hydrogens is 326 g/mol. The second kappa shape index (κ2) is 6.91. The molecule has 0 spiro atoms. The molecule has 0 aliphatic rings. The number of benzene rings is 2. The summed E-state index contributed by atoms with van der Waals surface area (Å²) in [5.74, 6) is -1.21. The average Bonchev–Trinajstić information content (AvgIpc) is 2.48. The van der Waals surface area contributed by atoms with Crippen LogP contribution < -0.4 is 4.72 Å². The third-order valence-corrected chi connectivity index (χ3v) is 4.96. The van der Waals surface area contributed by atoms with E-state index in [1.807, 2.05) is 30.3 Å². The van der Waals surface area contributed by atoms with Crippen molar-refractivity contribution in [2.24, 2.45) is 0 Å². The number of carboxylic acid groups (broad SMARTS) is 1. The van der Waals surface area contributed by atoms with Crippen LogP contribution in [0.15, 0.2) is 53.4 Å². The normalized spacial score (nSPS) is 11.3. The lowest BCUT2D eigenvalue weighted by Gasteiger charge is -2.09. The first-order valence-electron chi connectivity index (χ1n) is 6.46. The highest BCUT2D eigenvalue weighted by Crippen LogP contribution is 2.22. The number of nitrogens with one attached hydrogen (secondary N) is 1. The minimum absolute atomic E-state index is 0.0165. The van der Waals surface area contributed by atoms with Crippen molar-refractivity contribution in [2.75, 3.05) is 6.54 Å². The van der Waals surface area contributed by atoms with Crippen molar-refractivity contribution in [3.8, 4) is 0 Å². The van der Waals surface area contributed by atoms with Crippen LogP contribution in [0.4, 0.5) is 0 Å². The van der Waals surface area contributed by atoms with Crippen LogP contribution in [-0.4, -0.2) is 26.0 Å². The first-order valence-corrected chi connectivity index (χ1v) is 8.33. The van der Waals surface area contributed by atoms with Crippen LogP contribution in [0.1, 0.15) is 15.9 Å². The molecule has 7 heteroatoms. The maximum atomic E-state index is 12.2. The monoisotopic (exact) mass is 339 g/mol. The largest absolute Gasteiger partial charge is 0.478 e. The molecule has 0 unspecified atom stereocenters. The van der Waals surface area contributed by atoms with Crippen molar-refractivity contribution in [1.82, 2.24) is 4.72 Å². The molecule has 2 rings (SSSR count). The van der Waals surface area contributed by atoms with Crippen LogP contribution in [0.3, 0.4) is 0 Å². The van der Waals surface area contributed by atoms with E-state index in [1.54, 1.807) is 0 Å². The first-order chi connectivity index (χ1) is 10.4. The molecule has 0 amide bonds. The second-order valence-electron chi connectivity index (χ2n) is 4.58. The zero-order valence-electron chi connectivity index (χ0n) is 11.5. The highest BCUT2D eigenvalue weighted by Gasteiger charge is 2.19. The molecule has 0 saturated heterocycles. The van der Waals surface area contributed by atoms with Gasteiger partial charge in [0.25, 0.3) is 0 Å². The summed E-state index contributed by atoms with van der Waals surface area (Å²) in [6, 6.07) is 13.0. The van der Waals surface area contributed by atoms with Gasteiger partial charge in [0.15, 0.2) is 0 Å². The first kappa shape index (κ1) is 16.5. The van der Waals surface area contributed by atoms with Gasteiger partial charge in [0.05, 0.1) is 10.6 Å². The molecule has 0 fully saturated rings. The van der Waals surface area contributed by atoms with E-state index in [0.717, 1.165) is 11.6 Å². The lowest BCUT2D eigenvalue weighted by molar-refractivity contribution is 0.0696. The average molecular weight is 340 g/mol. The Morgan fingerprint density at radius 3 is 2.45 bits per heavy atom. The Bertz CT molecular complexity index is 775. The van der Waals surface area contributed by atoms with Crippen LogP contribution >= 0.6 is 11.6 Å². The summed E-state index contributed by atoms with van der Waals surface area (Å²) >= 11 is 5.87. The molecule has 0 bridgehead atoms. The number of halogens is 1. The number of sulfonamides is 1. The Morgan fingerprint density at radius 2 is 1.82 bits per heavy atom. The van der Waals surface area contributed by atoms with Gasteiger partial charge in [0.1, 0.15) is 4.90 Å². The van der Waals surface area contributed by atoms with Gasteiger partial charge in [-0.05, 0) is 30.2 Å². The Labute approximate surface area is 133 Å². The number of carboxylic acids is 1. The van der Waals surface area contributed by atoms with Gasteiger partial charge in [-0.3, -0.25) is 0 Å². The van der Waals surface area contributed by atoms with Crippen molar-refractivity contribution in [3.63, 3.8) is 0 Å². The van der Waals surface area contributed by atoms with Gasteiger partial charge in [0, 0.05) is 6.54 Å². The van der Waals surface area contributed by atoms with Crippen LogP contribution in [0.5, 0.6) is 0 Å². The summed E-state index contributed by atoms with van der Waals surface area (Å²) in [6.07, 6.45) is 0.524. The molecular formula is C15H14ClNO4S. The van der Waals surface area contributed by atoms with E-state index in [9.17, 15) is 13.2 Å². The minimum Gasteiger partial charge on any atom is -0.478 e. The van der Waals surface area contributed by atoms with Crippen molar-refractivity contribution in [3.05, 3.63) is 64.7 Å². The standard InChI is InChI=1S/C15H14ClNO4S/c16-13-7-6-12(15(18)19)10-14(13)22(20,21)17-9-8-11-4-2-1-3-5-11/h1-7,10,17H,8-9H2,(H,18,19). The van der Waals surface area contributed by atoms with E-state index in [1.165, 1.54) is 12.1 Å². The highest BCUT2D eigenvalue weighted by molar-refractivity contribution is 7.89. The third kappa shape index (κ3) is 4.07. The topological polar surface area (TPSA) is 83.5 Å². The third-order valence-electron chi connectivity index (χ3n) is 3.02. The second-order valence-corrected chi connectivity index (χ2v) is 6.73. The molecule has 2 aromatic rings. The molecule has 0 heterocycles. The highest BCUT2D eigenvalue weighted by atomic mass is 35.5. The SMILES string of the molecule is O=C(O)c1ccc(Cl)c(S(=O)(=O)NCCc2ccccc2)c1. The molecule has 0 aliphatic carbocycles. The molecule has 0 atom stereocenters. The lowest BCUT2D eigenvalue weighted by Crippen LogP contribution is -2.26. The van der Waals surface area contributed by atoms with Crippen molar-refractivity contribution >= 4 is 27.6 Å². The number of carbonyl (C=O) groups is 1. The molecule has 2 aromatic carbocycles. The molecule has 2 N–H and O–H groups in total. The molecule has 5 nitrogen and oxygen atoms in total. The van der Waals surface area contributed by atoms with Gasteiger partial charge < -0.3 is 5.11 Å². The van der Waals surface area contributed by atoms with Crippen LogP contribution in [0.2, 0.25) is 5.02 Å². The summed E-state index contributed by atoms with van der Waals surface area (Å²) in [5, 5.41) is 8.92. The van der Waals surface area contributed by atoms with E-state index >= 15 is 0 Å². The number of aromatic carboxylic acids is 1. The number of hydrogen-bond acceptors (Lipinski definition) is 3. The number of hydrogen-bond donors (Lipinski definition) is 2. The van der Waals surface area contributed by atoms with Crippen LogP contribution in [0, 0.1) is 0 Å². The van der Waals surface area contributed by atoms with Gasteiger partial charge in [0.2, 0.25) is 10.0 Å². The minimum atomic E-state index is -3.86. The van der Waals surface area contributed by atoms with Crippen molar-refractivity contribution in [2.45, 2.75) is 11.3 Å². The van der Waals surface area contributed by atoms with Crippen molar-refractivity contribution in [1.29, 1.82) is 0 Å². The molecule has 22 heavy (non-hydrogen) atoms. The summed E-state index contributed by atoms with van der Waals surface area (Å²) in [5.41, 5.74) is 0.864. The van der Waals surface area contributed by atoms with E-state index in [4.69, 9.17) is 16.7 Å². The molecule has 0 radical (unpaired) electrons.